The number of amidine groups is 1. The van der Waals surface area contributed by atoms with E-state index in [9.17, 15) is 0 Å². The van der Waals surface area contributed by atoms with E-state index >= 15 is 0 Å². The SMILES string of the molecule is CSC(=Nc1ccc(O)cc1)NC#N. The topological polar surface area (TPSA) is 68.4 Å². The number of nitriles is 1. The number of aliphatic imine (C=N–C) groups is 1. The molecule has 0 aromatic heterocycles. The lowest BCUT2D eigenvalue weighted by molar-refractivity contribution is 0.475. The maximum Gasteiger partial charge on any atom is 0.183 e. The molecule has 72 valence electrons. The number of phenols is 1. The molecule has 0 saturated heterocycles. The van der Waals surface area contributed by atoms with Gasteiger partial charge in [0.15, 0.2) is 11.4 Å². The summed E-state index contributed by atoms with van der Waals surface area (Å²) in [4.78, 5) is 4.14. The molecule has 4 nitrogen and oxygen atoms in total. The van der Waals surface area contributed by atoms with Crippen molar-refractivity contribution in [2.24, 2.45) is 4.99 Å². The summed E-state index contributed by atoms with van der Waals surface area (Å²) < 4.78 is 0. The van der Waals surface area contributed by atoms with E-state index in [2.05, 4.69) is 10.3 Å². The highest BCUT2D eigenvalue weighted by Gasteiger charge is 1.95. The lowest BCUT2D eigenvalue weighted by atomic mass is 10.3. The zero-order chi connectivity index (χ0) is 10.4. The van der Waals surface area contributed by atoms with E-state index in [0.29, 0.717) is 10.9 Å². The van der Waals surface area contributed by atoms with Gasteiger partial charge in [0.25, 0.3) is 0 Å². The molecule has 1 aromatic carbocycles. The Morgan fingerprint density at radius 2 is 2.14 bits per heavy atom. The van der Waals surface area contributed by atoms with E-state index in [1.807, 2.05) is 6.26 Å². The number of phenolic OH excluding ortho intramolecular Hbond substituents is 1. The van der Waals surface area contributed by atoms with Crippen LogP contribution >= 0.6 is 11.8 Å². The third-order valence-corrected chi connectivity index (χ3v) is 2.02. The summed E-state index contributed by atoms with van der Waals surface area (Å²) in [5.74, 6) is 0.197. The first-order valence-corrected chi connectivity index (χ1v) is 5.05. The number of nitrogens with zero attached hydrogens (tertiary/aromatic N) is 2. The molecule has 14 heavy (non-hydrogen) atoms. The summed E-state index contributed by atoms with van der Waals surface area (Å²) in [6.45, 7) is 0. The second-order valence-electron chi connectivity index (χ2n) is 2.37. The number of thioether (sulfide) groups is 1. The van der Waals surface area contributed by atoms with Gasteiger partial charge in [0.05, 0.1) is 5.69 Å². The van der Waals surface area contributed by atoms with Crippen LogP contribution in [0, 0.1) is 11.5 Å². The fraction of sp³-hybridized carbons (Fsp3) is 0.111. The second kappa shape index (κ2) is 5.14. The van der Waals surface area contributed by atoms with Gasteiger partial charge in [-0.25, -0.2) is 4.99 Å². The summed E-state index contributed by atoms with van der Waals surface area (Å²) in [5.41, 5.74) is 0.690. The van der Waals surface area contributed by atoms with E-state index in [0.717, 1.165) is 0 Å². The first-order chi connectivity index (χ1) is 6.76. The summed E-state index contributed by atoms with van der Waals surface area (Å²) in [5, 5.41) is 20.4. The minimum Gasteiger partial charge on any atom is -0.508 e. The van der Waals surface area contributed by atoms with Crippen molar-refractivity contribution in [3.8, 4) is 11.9 Å². The van der Waals surface area contributed by atoms with Gasteiger partial charge in [-0.05, 0) is 30.5 Å². The molecule has 1 rings (SSSR count). The molecular weight excluding hydrogens is 198 g/mol. The molecule has 0 atom stereocenters. The van der Waals surface area contributed by atoms with Gasteiger partial charge in [-0.2, -0.15) is 5.26 Å². The predicted octanol–water partition coefficient (Wildman–Crippen LogP) is 1.81. The van der Waals surface area contributed by atoms with E-state index in [1.165, 1.54) is 11.8 Å². The Labute approximate surface area is 86.3 Å². The van der Waals surface area contributed by atoms with Crippen molar-refractivity contribution in [1.29, 1.82) is 5.26 Å². The van der Waals surface area contributed by atoms with Crippen LogP contribution in [0.1, 0.15) is 0 Å². The van der Waals surface area contributed by atoms with Gasteiger partial charge in [0, 0.05) is 0 Å². The van der Waals surface area contributed by atoms with Crippen LogP contribution in [0.4, 0.5) is 5.69 Å². The van der Waals surface area contributed by atoms with E-state index in [1.54, 1.807) is 30.5 Å². The van der Waals surface area contributed by atoms with E-state index in [-0.39, 0.29) is 5.75 Å². The largest absolute Gasteiger partial charge is 0.508 e. The van der Waals surface area contributed by atoms with Crippen molar-refractivity contribution < 1.29 is 5.11 Å². The van der Waals surface area contributed by atoms with Gasteiger partial charge < -0.3 is 5.11 Å². The van der Waals surface area contributed by atoms with Gasteiger partial charge in [0.2, 0.25) is 0 Å². The van der Waals surface area contributed by atoms with Gasteiger partial charge >= 0.3 is 0 Å². The monoisotopic (exact) mass is 207 g/mol. The fourth-order valence-electron chi connectivity index (χ4n) is 0.817. The Morgan fingerprint density at radius 1 is 1.50 bits per heavy atom. The van der Waals surface area contributed by atoms with Crippen LogP contribution in [0.25, 0.3) is 0 Å². The quantitative estimate of drug-likeness (QED) is 0.319. The zero-order valence-electron chi connectivity index (χ0n) is 7.56. The Balaban J connectivity index is 2.84. The molecule has 0 aliphatic rings. The number of benzene rings is 1. The Kier molecular flexibility index (Phi) is 3.83. The maximum atomic E-state index is 9.03. The van der Waals surface area contributed by atoms with Crippen LogP contribution in [-0.2, 0) is 0 Å². The summed E-state index contributed by atoms with van der Waals surface area (Å²) >= 11 is 1.35. The lowest BCUT2D eigenvalue weighted by Crippen LogP contribution is -2.12. The molecule has 0 aliphatic heterocycles. The molecule has 0 saturated carbocycles. The molecule has 1 aromatic rings. The first-order valence-electron chi connectivity index (χ1n) is 3.83. The molecule has 0 radical (unpaired) electrons. The van der Waals surface area contributed by atoms with E-state index in [4.69, 9.17) is 10.4 Å². The second-order valence-corrected chi connectivity index (χ2v) is 3.17. The zero-order valence-corrected chi connectivity index (χ0v) is 8.38. The maximum absolute atomic E-state index is 9.03. The number of aromatic hydroxyl groups is 1. The Hall–Kier alpha value is -1.67. The molecule has 0 spiro atoms. The van der Waals surface area contributed by atoms with Crippen molar-refractivity contribution in [2.75, 3.05) is 6.26 Å². The summed E-state index contributed by atoms with van der Waals surface area (Å²) in [7, 11) is 0. The molecule has 0 fully saturated rings. The van der Waals surface area contributed by atoms with Crippen molar-refractivity contribution in [1.82, 2.24) is 5.32 Å². The van der Waals surface area contributed by atoms with Gasteiger partial charge in [-0.3, -0.25) is 5.32 Å². The van der Waals surface area contributed by atoms with Crippen LogP contribution in [0.2, 0.25) is 0 Å². The van der Waals surface area contributed by atoms with Crippen molar-refractivity contribution in [2.45, 2.75) is 0 Å². The minimum absolute atomic E-state index is 0.197. The highest BCUT2D eigenvalue weighted by molar-refractivity contribution is 8.13. The average Bonchev–Trinajstić information content (AvgIpc) is 2.20. The Bertz CT molecular complexity index is 367. The van der Waals surface area contributed by atoms with Crippen LogP contribution in [0.3, 0.4) is 0 Å². The molecular formula is C9H9N3OS. The van der Waals surface area contributed by atoms with Crippen LogP contribution in [0.5, 0.6) is 5.75 Å². The Morgan fingerprint density at radius 3 is 2.64 bits per heavy atom. The number of hydrogen-bond donors (Lipinski definition) is 2. The molecule has 0 heterocycles. The van der Waals surface area contributed by atoms with Gasteiger partial charge in [-0.15, -0.1) is 0 Å². The number of hydrogen-bond acceptors (Lipinski definition) is 4. The predicted molar refractivity (Wildman–Crippen MR) is 57.5 cm³/mol. The van der Waals surface area contributed by atoms with Crippen LogP contribution in [0.15, 0.2) is 29.3 Å². The van der Waals surface area contributed by atoms with Crippen molar-refractivity contribution >= 4 is 22.6 Å². The average molecular weight is 207 g/mol. The summed E-state index contributed by atoms with van der Waals surface area (Å²) in [6.07, 6.45) is 3.62. The standard InChI is InChI=1S/C9H9N3OS/c1-14-9(11-6-10)12-7-2-4-8(13)5-3-7/h2-5,13H,1H3,(H,11,12). The van der Waals surface area contributed by atoms with Crippen molar-refractivity contribution in [3.63, 3.8) is 0 Å². The summed E-state index contributed by atoms with van der Waals surface area (Å²) in [6, 6.07) is 6.43. The normalized spacial score (nSPS) is 10.7. The molecule has 2 N–H and O–H groups in total. The molecule has 0 bridgehead atoms. The number of rotatable bonds is 1. The highest BCUT2D eigenvalue weighted by atomic mass is 32.2. The van der Waals surface area contributed by atoms with Crippen molar-refractivity contribution in [3.05, 3.63) is 24.3 Å². The molecule has 5 heteroatoms. The molecule has 0 aliphatic carbocycles. The van der Waals surface area contributed by atoms with Gasteiger partial charge in [-0.1, -0.05) is 11.8 Å². The molecule has 0 amide bonds. The molecule has 0 unspecified atom stereocenters. The number of nitrogens with one attached hydrogen (secondary N) is 1. The van der Waals surface area contributed by atoms with Crippen LogP contribution in [-0.4, -0.2) is 16.5 Å². The third-order valence-electron chi connectivity index (χ3n) is 1.44. The first kappa shape index (κ1) is 10.4. The lowest BCUT2D eigenvalue weighted by Gasteiger charge is -1.99. The van der Waals surface area contributed by atoms with Crippen LogP contribution < -0.4 is 5.32 Å². The van der Waals surface area contributed by atoms with Gasteiger partial charge in [0.1, 0.15) is 5.75 Å². The fourth-order valence-corrected chi connectivity index (χ4v) is 1.16. The third kappa shape index (κ3) is 2.99. The minimum atomic E-state index is 0.197. The highest BCUT2D eigenvalue weighted by Crippen LogP contribution is 2.17. The smallest absolute Gasteiger partial charge is 0.183 e. The van der Waals surface area contributed by atoms with E-state index < -0.39 is 0 Å².